The van der Waals surface area contributed by atoms with Crippen LogP contribution in [-0.4, -0.2) is 63.0 Å². The van der Waals surface area contributed by atoms with Crippen LogP contribution in [0.5, 0.6) is 0 Å². The predicted octanol–water partition coefficient (Wildman–Crippen LogP) is 2.57. The summed E-state index contributed by atoms with van der Waals surface area (Å²) in [5.41, 5.74) is 0.654. The van der Waals surface area contributed by atoms with E-state index in [4.69, 9.17) is 0 Å². The minimum atomic E-state index is 0.0759. The highest BCUT2D eigenvalue weighted by molar-refractivity contribution is 5.94. The monoisotopic (exact) mass is 397 g/mol. The SMILES string of the molecule is O=C(c1ccc(N2CCCC[C@H]2CO)nc1)N1CCC(CCn2cccn2)CC1. The number of amides is 1. The van der Waals surface area contributed by atoms with Crippen LogP contribution in [0.2, 0.25) is 0 Å². The third-order valence-electron chi connectivity index (χ3n) is 6.35. The second kappa shape index (κ2) is 9.39. The standard InChI is InChI=1S/C22H31N5O2/c28-17-20-4-1-2-12-27(20)21-6-5-19(16-23-21)22(29)25-13-7-18(8-14-25)9-15-26-11-3-10-24-26/h3,5-6,10-11,16,18,20,28H,1-2,4,7-9,12-15,17H2/t20-/m0/s1. The molecule has 2 fully saturated rings. The Morgan fingerprint density at radius 2 is 2.00 bits per heavy atom. The number of carbonyl (C=O) groups excluding carboxylic acids is 1. The third kappa shape index (κ3) is 4.78. The van der Waals surface area contributed by atoms with Gasteiger partial charge in [-0.2, -0.15) is 5.10 Å². The molecular formula is C22H31N5O2. The molecule has 0 radical (unpaired) electrons. The van der Waals surface area contributed by atoms with E-state index in [1.165, 1.54) is 0 Å². The molecule has 29 heavy (non-hydrogen) atoms. The minimum absolute atomic E-state index is 0.0759. The van der Waals surface area contributed by atoms with Crippen LogP contribution in [0.4, 0.5) is 5.82 Å². The molecule has 0 spiro atoms. The van der Waals surface area contributed by atoms with E-state index in [-0.39, 0.29) is 18.6 Å². The Morgan fingerprint density at radius 1 is 1.14 bits per heavy atom. The lowest BCUT2D eigenvalue weighted by Gasteiger charge is -2.35. The molecule has 0 saturated carbocycles. The van der Waals surface area contributed by atoms with Crippen molar-refractivity contribution in [3.8, 4) is 0 Å². The van der Waals surface area contributed by atoms with Crippen LogP contribution in [0, 0.1) is 5.92 Å². The molecule has 156 valence electrons. The number of pyridine rings is 1. The Bertz CT molecular complexity index is 769. The zero-order valence-corrected chi connectivity index (χ0v) is 17.0. The normalized spacial score (nSPS) is 20.8. The van der Waals surface area contributed by atoms with E-state index < -0.39 is 0 Å². The second-order valence-corrected chi connectivity index (χ2v) is 8.22. The first kappa shape index (κ1) is 19.9. The number of likely N-dealkylation sites (tertiary alicyclic amines) is 1. The maximum absolute atomic E-state index is 12.9. The number of aliphatic hydroxyl groups excluding tert-OH is 1. The van der Waals surface area contributed by atoms with Gasteiger partial charge in [-0.05, 0) is 62.6 Å². The van der Waals surface area contributed by atoms with Crippen molar-refractivity contribution in [1.29, 1.82) is 0 Å². The number of hydrogen-bond acceptors (Lipinski definition) is 5. The van der Waals surface area contributed by atoms with Crippen LogP contribution < -0.4 is 4.90 Å². The number of rotatable bonds is 6. The van der Waals surface area contributed by atoms with E-state index in [0.717, 1.165) is 70.5 Å². The van der Waals surface area contributed by atoms with Gasteiger partial charge >= 0.3 is 0 Å². The first-order valence-electron chi connectivity index (χ1n) is 10.8. The third-order valence-corrected chi connectivity index (χ3v) is 6.35. The summed E-state index contributed by atoms with van der Waals surface area (Å²) < 4.78 is 1.98. The molecule has 0 bridgehead atoms. The van der Waals surface area contributed by atoms with E-state index in [1.807, 2.05) is 40.2 Å². The van der Waals surface area contributed by atoms with Crippen molar-refractivity contribution in [2.45, 2.75) is 51.1 Å². The fraction of sp³-hybridized carbons (Fsp3) is 0.591. The molecule has 1 atom stereocenters. The molecule has 4 heterocycles. The highest BCUT2D eigenvalue weighted by Gasteiger charge is 2.25. The van der Waals surface area contributed by atoms with Gasteiger partial charge in [0.05, 0.1) is 18.2 Å². The Morgan fingerprint density at radius 3 is 2.69 bits per heavy atom. The lowest BCUT2D eigenvalue weighted by Crippen LogP contribution is -2.42. The molecule has 2 aromatic rings. The number of piperidine rings is 2. The van der Waals surface area contributed by atoms with E-state index in [9.17, 15) is 9.90 Å². The summed E-state index contributed by atoms with van der Waals surface area (Å²) >= 11 is 0. The van der Waals surface area contributed by atoms with Gasteiger partial charge in [0.2, 0.25) is 0 Å². The Kier molecular flexibility index (Phi) is 6.44. The number of hydrogen-bond donors (Lipinski definition) is 1. The van der Waals surface area contributed by atoms with Crippen LogP contribution in [0.15, 0.2) is 36.8 Å². The number of nitrogens with zero attached hydrogens (tertiary/aromatic N) is 5. The van der Waals surface area contributed by atoms with Crippen LogP contribution in [0.1, 0.15) is 48.9 Å². The molecule has 0 aliphatic carbocycles. The topological polar surface area (TPSA) is 74.5 Å². The van der Waals surface area contributed by atoms with Crippen LogP contribution in [0.3, 0.4) is 0 Å². The van der Waals surface area contributed by atoms with Crippen molar-refractivity contribution in [1.82, 2.24) is 19.7 Å². The van der Waals surface area contributed by atoms with Gasteiger partial charge in [-0.3, -0.25) is 9.48 Å². The van der Waals surface area contributed by atoms with Gasteiger partial charge in [-0.1, -0.05) is 0 Å². The number of aryl methyl sites for hydroxylation is 1. The Labute approximate surface area is 172 Å². The summed E-state index contributed by atoms with van der Waals surface area (Å²) in [7, 11) is 0. The molecule has 7 nitrogen and oxygen atoms in total. The second-order valence-electron chi connectivity index (χ2n) is 8.22. The average molecular weight is 398 g/mol. The molecule has 0 aromatic carbocycles. The number of aliphatic hydroxyl groups is 1. The fourth-order valence-electron chi connectivity index (χ4n) is 4.53. The van der Waals surface area contributed by atoms with E-state index in [1.54, 1.807) is 6.20 Å². The summed E-state index contributed by atoms with van der Waals surface area (Å²) in [6.45, 7) is 3.63. The predicted molar refractivity (Wildman–Crippen MR) is 112 cm³/mol. The fourth-order valence-corrected chi connectivity index (χ4v) is 4.53. The van der Waals surface area contributed by atoms with Gasteiger partial charge in [-0.15, -0.1) is 0 Å². The number of anilines is 1. The highest BCUT2D eigenvalue weighted by Crippen LogP contribution is 2.25. The minimum Gasteiger partial charge on any atom is -0.394 e. The van der Waals surface area contributed by atoms with Crippen molar-refractivity contribution >= 4 is 11.7 Å². The van der Waals surface area contributed by atoms with Gasteiger partial charge < -0.3 is 14.9 Å². The van der Waals surface area contributed by atoms with Gasteiger partial charge in [0.25, 0.3) is 5.91 Å². The highest BCUT2D eigenvalue weighted by atomic mass is 16.3. The summed E-state index contributed by atoms with van der Waals surface area (Å²) in [5, 5.41) is 13.9. The molecule has 2 aliphatic heterocycles. The molecule has 2 saturated heterocycles. The lowest BCUT2D eigenvalue weighted by atomic mass is 9.93. The smallest absolute Gasteiger partial charge is 0.255 e. The molecule has 2 aliphatic rings. The van der Waals surface area contributed by atoms with Gasteiger partial charge in [0.15, 0.2) is 0 Å². The Balaban J connectivity index is 1.29. The zero-order chi connectivity index (χ0) is 20.1. The average Bonchev–Trinajstić information content (AvgIpc) is 3.31. The summed E-state index contributed by atoms with van der Waals surface area (Å²) in [5.74, 6) is 1.59. The van der Waals surface area contributed by atoms with Crippen molar-refractivity contribution in [2.24, 2.45) is 5.92 Å². The first-order valence-corrected chi connectivity index (χ1v) is 10.8. The van der Waals surface area contributed by atoms with Gasteiger partial charge in [0, 0.05) is 44.8 Å². The summed E-state index contributed by atoms with van der Waals surface area (Å²) in [6, 6.07) is 5.91. The van der Waals surface area contributed by atoms with Crippen molar-refractivity contribution in [3.05, 3.63) is 42.4 Å². The van der Waals surface area contributed by atoms with Crippen LogP contribution >= 0.6 is 0 Å². The molecule has 1 amide bonds. The van der Waals surface area contributed by atoms with Gasteiger partial charge in [0.1, 0.15) is 5.82 Å². The van der Waals surface area contributed by atoms with Crippen LogP contribution in [0.25, 0.3) is 0 Å². The molecule has 0 unspecified atom stereocenters. The maximum atomic E-state index is 12.9. The quantitative estimate of drug-likeness (QED) is 0.811. The van der Waals surface area contributed by atoms with Gasteiger partial charge in [-0.25, -0.2) is 4.98 Å². The molecule has 1 N–H and O–H groups in total. The maximum Gasteiger partial charge on any atom is 0.255 e. The largest absolute Gasteiger partial charge is 0.394 e. The lowest BCUT2D eigenvalue weighted by molar-refractivity contribution is 0.0684. The molecular weight excluding hydrogens is 366 g/mol. The molecule has 7 heteroatoms. The van der Waals surface area contributed by atoms with Crippen LogP contribution in [-0.2, 0) is 6.54 Å². The summed E-state index contributed by atoms with van der Waals surface area (Å²) in [6.07, 6.45) is 12.0. The number of aromatic nitrogens is 3. The van der Waals surface area contributed by atoms with Crippen molar-refractivity contribution < 1.29 is 9.90 Å². The van der Waals surface area contributed by atoms with E-state index in [0.29, 0.717) is 11.5 Å². The molecule has 2 aromatic heterocycles. The first-order chi connectivity index (χ1) is 14.2. The molecule has 4 rings (SSSR count). The van der Waals surface area contributed by atoms with Crippen molar-refractivity contribution in [3.63, 3.8) is 0 Å². The van der Waals surface area contributed by atoms with E-state index >= 15 is 0 Å². The Hall–Kier alpha value is -2.41. The van der Waals surface area contributed by atoms with Crippen molar-refractivity contribution in [2.75, 3.05) is 31.1 Å². The zero-order valence-electron chi connectivity index (χ0n) is 17.0. The number of carbonyl (C=O) groups is 1. The summed E-state index contributed by atoms with van der Waals surface area (Å²) in [4.78, 5) is 21.6. The van der Waals surface area contributed by atoms with E-state index in [2.05, 4.69) is 15.0 Å².